The van der Waals surface area contributed by atoms with Crippen LogP contribution < -0.4 is 10.1 Å². The van der Waals surface area contributed by atoms with E-state index < -0.39 is 10.0 Å². The van der Waals surface area contributed by atoms with E-state index in [4.69, 9.17) is 4.74 Å². The average molecular weight is 431 g/mol. The fraction of sp³-hybridized carbons (Fsp3) is 0.435. The highest BCUT2D eigenvalue weighted by molar-refractivity contribution is 7.89. The molecule has 0 aromatic heterocycles. The summed E-state index contributed by atoms with van der Waals surface area (Å²) in [6.07, 6.45) is 2.76. The van der Waals surface area contributed by atoms with Crippen molar-refractivity contribution in [1.29, 1.82) is 0 Å². The molecule has 7 heteroatoms. The van der Waals surface area contributed by atoms with Crippen LogP contribution in [0.1, 0.15) is 31.7 Å². The van der Waals surface area contributed by atoms with E-state index in [1.54, 1.807) is 30.3 Å². The third-order valence-corrected chi connectivity index (χ3v) is 7.31. The van der Waals surface area contributed by atoms with Gasteiger partial charge in [-0.2, -0.15) is 4.31 Å². The number of carbonyl (C=O) groups excluding carboxylic acids is 1. The largest absolute Gasteiger partial charge is 0.494 e. The Kier molecular flexibility index (Phi) is 7.87. The molecule has 1 fully saturated rings. The molecule has 0 bridgehead atoms. The van der Waals surface area contributed by atoms with E-state index in [-0.39, 0.29) is 11.8 Å². The Morgan fingerprint density at radius 1 is 1.07 bits per heavy atom. The maximum Gasteiger partial charge on any atom is 0.243 e. The van der Waals surface area contributed by atoms with Gasteiger partial charge in [0.15, 0.2) is 0 Å². The number of nitrogens with zero attached hydrogens (tertiary/aromatic N) is 1. The van der Waals surface area contributed by atoms with Crippen LogP contribution in [0.3, 0.4) is 0 Å². The zero-order valence-electron chi connectivity index (χ0n) is 17.4. The Bertz CT molecular complexity index is 923. The van der Waals surface area contributed by atoms with E-state index in [0.29, 0.717) is 44.0 Å². The quantitative estimate of drug-likeness (QED) is 0.620. The molecule has 1 saturated heterocycles. The number of amides is 1. The van der Waals surface area contributed by atoms with Crippen LogP contribution in [-0.2, 0) is 21.2 Å². The van der Waals surface area contributed by atoms with Crippen molar-refractivity contribution in [2.75, 3.05) is 26.2 Å². The summed E-state index contributed by atoms with van der Waals surface area (Å²) >= 11 is 0. The molecule has 2 aromatic rings. The second-order valence-electron chi connectivity index (χ2n) is 7.43. The summed E-state index contributed by atoms with van der Waals surface area (Å²) in [7, 11) is -3.48. The van der Waals surface area contributed by atoms with E-state index in [0.717, 1.165) is 24.2 Å². The minimum Gasteiger partial charge on any atom is -0.494 e. The van der Waals surface area contributed by atoms with E-state index >= 15 is 0 Å². The van der Waals surface area contributed by atoms with Gasteiger partial charge >= 0.3 is 0 Å². The van der Waals surface area contributed by atoms with Gasteiger partial charge in [0.1, 0.15) is 5.75 Å². The Balaban J connectivity index is 1.43. The molecule has 30 heavy (non-hydrogen) atoms. The molecule has 1 amide bonds. The van der Waals surface area contributed by atoms with Crippen LogP contribution in [0.25, 0.3) is 0 Å². The van der Waals surface area contributed by atoms with Crippen molar-refractivity contribution in [1.82, 2.24) is 9.62 Å². The molecular formula is C23H30N2O4S. The van der Waals surface area contributed by atoms with E-state index in [1.807, 2.05) is 25.1 Å². The summed E-state index contributed by atoms with van der Waals surface area (Å²) < 4.78 is 32.5. The second kappa shape index (κ2) is 10.6. The predicted octanol–water partition coefficient (Wildman–Crippen LogP) is 3.24. The van der Waals surface area contributed by atoms with Crippen LogP contribution in [0.2, 0.25) is 0 Å². The van der Waals surface area contributed by atoms with Gasteiger partial charge in [-0.3, -0.25) is 4.79 Å². The molecule has 0 aliphatic carbocycles. The summed E-state index contributed by atoms with van der Waals surface area (Å²) in [4.78, 5) is 12.8. The van der Waals surface area contributed by atoms with Gasteiger partial charge in [0, 0.05) is 25.6 Å². The number of aryl methyl sites for hydroxylation is 1. The molecule has 6 nitrogen and oxygen atoms in total. The minimum absolute atomic E-state index is 0.0184. The second-order valence-corrected chi connectivity index (χ2v) is 9.36. The summed E-state index contributed by atoms with van der Waals surface area (Å²) in [5.41, 5.74) is 1.15. The first kappa shape index (κ1) is 22.3. The Labute approximate surface area is 179 Å². The predicted molar refractivity (Wildman–Crippen MR) is 117 cm³/mol. The van der Waals surface area contributed by atoms with Crippen molar-refractivity contribution in [2.45, 2.75) is 37.5 Å². The number of benzene rings is 2. The molecule has 2 aromatic carbocycles. The summed E-state index contributed by atoms with van der Waals surface area (Å²) in [5, 5.41) is 3.01. The van der Waals surface area contributed by atoms with Gasteiger partial charge in [-0.05, 0) is 56.4 Å². The van der Waals surface area contributed by atoms with Crippen molar-refractivity contribution < 1.29 is 17.9 Å². The molecule has 1 aliphatic heterocycles. The van der Waals surface area contributed by atoms with Gasteiger partial charge in [0.05, 0.1) is 11.5 Å². The fourth-order valence-electron chi connectivity index (χ4n) is 3.74. The maximum atomic E-state index is 12.7. The van der Waals surface area contributed by atoms with Crippen molar-refractivity contribution >= 4 is 15.9 Å². The molecule has 1 aliphatic rings. The van der Waals surface area contributed by atoms with Crippen molar-refractivity contribution in [2.24, 2.45) is 5.92 Å². The number of piperidine rings is 1. The molecule has 1 N–H and O–H groups in total. The minimum atomic E-state index is -3.48. The normalized spacial score (nSPS) is 15.6. The lowest BCUT2D eigenvalue weighted by Gasteiger charge is -2.30. The van der Waals surface area contributed by atoms with E-state index in [1.165, 1.54) is 4.31 Å². The lowest BCUT2D eigenvalue weighted by Crippen LogP contribution is -2.43. The first-order valence-electron chi connectivity index (χ1n) is 10.6. The lowest BCUT2D eigenvalue weighted by atomic mass is 9.97. The smallest absolute Gasteiger partial charge is 0.243 e. The zero-order chi connectivity index (χ0) is 21.4. The maximum absolute atomic E-state index is 12.7. The Morgan fingerprint density at radius 3 is 2.43 bits per heavy atom. The fourth-order valence-corrected chi connectivity index (χ4v) is 5.23. The van der Waals surface area contributed by atoms with E-state index in [2.05, 4.69) is 11.4 Å². The highest BCUT2D eigenvalue weighted by Crippen LogP contribution is 2.24. The average Bonchev–Trinajstić information content (AvgIpc) is 2.78. The molecule has 1 heterocycles. The zero-order valence-corrected chi connectivity index (χ0v) is 18.2. The van der Waals surface area contributed by atoms with Crippen LogP contribution in [0.5, 0.6) is 5.75 Å². The molecule has 0 atom stereocenters. The number of rotatable bonds is 9. The molecule has 0 unspecified atom stereocenters. The SMILES string of the molecule is CCOc1ccccc1CCCNC(=O)C1CCN(S(=O)(=O)c2ccccc2)CC1. The number of carbonyl (C=O) groups is 1. The van der Waals surface area contributed by atoms with Crippen molar-refractivity contribution in [3.05, 3.63) is 60.2 Å². The number of hydrogen-bond donors (Lipinski definition) is 1. The van der Waals surface area contributed by atoms with Crippen molar-refractivity contribution in [3.8, 4) is 5.75 Å². The highest BCUT2D eigenvalue weighted by atomic mass is 32.2. The molecule has 0 radical (unpaired) electrons. The van der Waals surface area contributed by atoms with Crippen LogP contribution in [-0.4, -0.2) is 44.9 Å². The van der Waals surface area contributed by atoms with Gasteiger partial charge in [0.2, 0.25) is 15.9 Å². The van der Waals surface area contributed by atoms with Crippen molar-refractivity contribution in [3.63, 3.8) is 0 Å². The summed E-state index contributed by atoms with van der Waals surface area (Å²) in [6.45, 7) is 3.94. The Hall–Kier alpha value is -2.38. The molecule has 0 saturated carbocycles. The van der Waals surface area contributed by atoms with Gasteiger partial charge < -0.3 is 10.1 Å². The number of ether oxygens (including phenoxy) is 1. The molecule has 0 spiro atoms. The third-order valence-electron chi connectivity index (χ3n) is 5.40. The molecule has 3 rings (SSSR count). The number of sulfonamides is 1. The first-order valence-corrected chi connectivity index (χ1v) is 12.0. The monoisotopic (exact) mass is 430 g/mol. The van der Waals surface area contributed by atoms with E-state index in [9.17, 15) is 13.2 Å². The van der Waals surface area contributed by atoms with Gasteiger partial charge in [-0.1, -0.05) is 36.4 Å². The van der Waals surface area contributed by atoms with Crippen LogP contribution in [0, 0.1) is 5.92 Å². The molecule has 162 valence electrons. The first-order chi connectivity index (χ1) is 14.5. The number of para-hydroxylation sites is 1. The Morgan fingerprint density at radius 2 is 1.73 bits per heavy atom. The van der Waals surface area contributed by atoms with Gasteiger partial charge in [-0.15, -0.1) is 0 Å². The summed E-state index contributed by atoms with van der Waals surface area (Å²) in [5.74, 6) is 0.783. The molecular weight excluding hydrogens is 400 g/mol. The third kappa shape index (κ3) is 5.61. The van der Waals surface area contributed by atoms with Gasteiger partial charge in [-0.25, -0.2) is 8.42 Å². The summed E-state index contributed by atoms with van der Waals surface area (Å²) in [6, 6.07) is 16.4. The highest BCUT2D eigenvalue weighted by Gasteiger charge is 2.31. The number of hydrogen-bond acceptors (Lipinski definition) is 4. The number of nitrogens with one attached hydrogen (secondary N) is 1. The lowest BCUT2D eigenvalue weighted by molar-refractivity contribution is -0.126. The van der Waals surface area contributed by atoms with Crippen LogP contribution in [0.4, 0.5) is 0 Å². The van der Waals surface area contributed by atoms with Crippen LogP contribution in [0.15, 0.2) is 59.5 Å². The van der Waals surface area contributed by atoms with Gasteiger partial charge in [0.25, 0.3) is 0 Å². The topological polar surface area (TPSA) is 75.7 Å². The standard InChI is InChI=1S/C23H30N2O4S/c1-2-29-22-13-7-6-9-19(22)10-8-16-24-23(26)20-14-17-25(18-15-20)30(27,28)21-11-4-3-5-12-21/h3-7,9,11-13,20H,2,8,10,14-18H2,1H3,(H,24,26). The van der Waals surface area contributed by atoms with Crippen LogP contribution >= 0.6 is 0 Å².